The van der Waals surface area contributed by atoms with Gasteiger partial charge >= 0.3 is 0 Å². The molecule has 0 aromatic heterocycles. The van der Waals surface area contributed by atoms with E-state index in [9.17, 15) is 4.79 Å². The summed E-state index contributed by atoms with van der Waals surface area (Å²) in [5.41, 5.74) is 7.20. The Morgan fingerprint density at radius 3 is 2.82 bits per heavy atom. The van der Waals surface area contributed by atoms with Gasteiger partial charge in [0.25, 0.3) is 0 Å². The Morgan fingerprint density at radius 1 is 1.59 bits per heavy atom. The van der Waals surface area contributed by atoms with Gasteiger partial charge in [0, 0.05) is 17.8 Å². The van der Waals surface area contributed by atoms with Crippen molar-refractivity contribution < 1.29 is 9.53 Å². The van der Waals surface area contributed by atoms with Crippen molar-refractivity contribution in [3.05, 3.63) is 28.8 Å². The summed E-state index contributed by atoms with van der Waals surface area (Å²) in [5.74, 6) is -0.285. The Bertz CT molecular complexity index is 386. The third-order valence-corrected chi connectivity index (χ3v) is 2.38. The summed E-state index contributed by atoms with van der Waals surface area (Å²) in [7, 11) is 1.50. The highest BCUT2D eigenvalue weighted by molar-refractivity contribution is 6.31. The molecule has 0 saturated heterocycles. The van der Waals surface area contributed by atoms with Crippen LogP contribution in [-0.2, 0) is 9.53 Å². The number of carbonyl (C=O) groups is 1. The Labute approximate surface area is 112 Å². The Morgan fingerprint density at radius 2 is 2.24 bits per heavy atom. The predicted octanol–water partition coefficient (Wildman–Crippen LogP) is 1.98. The van der Waals surface area contributed by atoms with E-state index in [0.29, 0.717) is 10.7 Å². The topological polar surface area (TPSA) is 64.3 Å². The van der Waals surface area contributed by atoms with Crippen LogP contribution in [0.25, 0.3) is 0 Å². The highest BCUT2D eigenvalue weighted by Crippen LogP contribution is 2.20. The van der Waals surface area contributed by atoms with Gasteiger partial charge in [-0.2, -0.15) is 0 Å². The molecule has 0 spiro atoms. The number of hydrogen-bond acceptors (Lipinski definition) is 3. The number of anilines is 1. The second-order valence-corrected chi connectivity index (χ2v) is 3.95. The first-order valence-electron chi connectivity index (χ1n) is 4.86. The molecule has 0 bridgehead atoms. The second kappa shape index (κ2) is 7.50. The predicted molar refractivity (Wildman–Crippen MR) is 71.9 cm³/mol. The van der Waals surface area contributed by atoms with Crippen LogP contribution in [0.2, 0.25) is 5.02 Å². The minimum Gasteiger partial charge on any atom is -0.383 e. The minimum atomic E-state index is -0.677. The van der Waals surface area contributed by atoms with Crippen LogP contribution in [0.15, 0.2) is 18.2 Å². The number of rotatable bonds is 4. The number of amides is 1. The lowest BCUT2D eigenvalue weighted by Crippen LogP contribution is -2.39. The first kappa shape index (κ1) is 16.2. The molecule has 3 N–H and O–H groups in total. The number of methoxy groups -OCH3 is 1. The van der Waals surface area contributed by atoms with Crippen LogP contribution in [0, 0.1) is 6.92 Å². The van der Waals surface area contributed by atoms with E-state index in [1.54, 1.807) is 12.1 Å². The number of aryl methyl sites for hydroxylation is 1. The fourth-order valence-electron chi connectivity index (χ4n) is 1.21. The van der Waals surface area contributed by atoms with Gasteiger partial charge in [0.1, 0.15) is 6.04 Å². The average Bonchev–Trinajstić information content (AvgIpc) is 2.23. The zero-order valence-electron chi connectivity index (χ0n) is 9.70. The van der Waals surface area contributed by atoms with Crippen molar-refractivity contribution in [2.45, 2.75) is 13.0 Å². The molecule has 17 heavy (non-hydrogen) atoms. The largest absolute Gasteiger partial charge is 0.383 e. The molecular weight excluding hydrogens is 263 g/mol. The van der Waals surface area contributed by atoms with Gasteiger partial charge in [-0.25, -0.2) is 0 Å². The molecule has 1 atom stereocenters. The molecular formula is C11H16Cl2N2O2. The number of nitrogens with one attached hydrogen (secondary N) is 1. The summed E-state index contributed by atoms with van der Waals surface area (Å²) in [4.78, 5) is 11.6. The minimum absolute atomic E-state index is 0. The van der Waals surface area contributed by atoms with E-state index in [2.05, 4.69) is 5.32 Å². The molecule has 6 heteroatoms. The lowest BCUT2D eigenvalue weighted by atomic mass is 10.2. The van der Waals surface area contributed by atoms with Gasteiger partial charge in [-0.15, -0.1) is 12.4 Å². The van der Waals surface area contributed by atoms with Crippen molar-refractivity contribution in [2.75, 3.05) is 19.0 Å². The number of carbonyl (C=O) groups excluding carboxylic acids is 1. The lowest BCUT2D eigenvalue weighted by molar-refractivity contribution is -0.118. The smallest absolute Gasteiger partial charge is 0.243 e. The highest BCUT2D eigenvalue weighted by atomic mass is 35.5. The maximum absolute atomic E-state index is 11.6. The summed E-state index contributed by atoms with van der Waals surface area (Å²) in [6.45, 7) is 2.07. The van der Waals surface area contributed by atoms with Crippen molar-refractivity contribution in [1.82, 2.24) is 0 Å². The monoisotopic (exact) mass is 278 g/mol. The molecule has 0 saturated carbocycles. The molecule has 0 fully saturated rings. The van der Waals surface area contributed by atoms with E-state index in [1.807, 2.05) is 13.0 Å². The summed E-state index contributed by atoms with van der Waals surface area (Å²) >= 11 is 5.83. The third-order valence-electron chi connectivity index (χ3n) is 2.14. The molecule has 1 unspecified atom stereocenters. The average molecular weight is 279 g/mol. The van der Waals surface area contributed by atoms with E-state index < -0.39 is 6.04 Å². The Hall–Kier alpha value is -0.810. The van der Waals surface area contributed by atoms with Crippen LogP contribution in [0.5, 0.6) is 0 Å². The fraction of sp³-hybridized carbons (Fsp3) is 0.364. The number of halogens is 2. The van der Waals surface area contributed by atoms with Crippen LogP contribution in [0.4, 0.5) is 5.69 Å². The van der Waals surface area contributed by atoms with Gasteiger partial charge in [0.15, 0.2) is 0 Å². The van der Waals surface area contributed by atoms with Gasteiger partial charge in [-0.05, 0) is 24.6 Å². The molecule has 0 aliphatic carbocycles. The molecule has 0 heterocycles. The first-order valence-corrected chi connectivity index (χ1v) is 5.24. The molecule has 1 amide bonds. The lowest BCUT2D eigenvalue weighted by Gasteiger charge is -2.13. The van der Waals surface area contributed by atoms with E-state index in [1.165, 1.54) is 7.11 Å². The first-order chi connectivity index (χ1) is 7.54. The Balaban J connectivity index is 0.00000256. The molecule has 0 aliphatic rings. The third kappa shape index (κ3) is 4.91. The van der Waals surface area contributed by atoms with Crippen LogP contribution in [0.3, 0.4) is 0 Å². The molecule has 1 aromatic carbocycles. The number of benzene rings is 1. The number of nitrogens with two attached hydrogens (primary N) is 1. The molecule has 4 nitrogen and oxygen atoms in total. The summed E-state index contributed by atoms with van der Waals surface area (Å²) < 4.78 is 4.80. The molecule has 0 aliphatic heterocycles. The van der Waals surface area contributed by atoms with Crippen molar-refractivity contribution in [3.8, 4) is 0 Å². The normalized spacial score (nSPS) is 11.5. The maximum atomic E-state index is 11.6. The Kier molecular flexibility index (Phi) is 7.15. The molecule has 1 aromatic rings. The van der Waals surface area contributed by atoms with Crippen LogP contribution >= 0.6 is 24.0 Å². The number of hydrogen-bond donors (Lipinski definition) is 2. The van der Waals surface area contributed by atoms with Gasteiger partial charge < -0.3 is 15.8 Å². The van der Waals surface area contributed by atoms with Crippen molar-refractivity contribution >= 4 is 35.6 Å². The summed E-state index contributed by atoms with van der Waals surface area (Å²) in [5, 5.41) is 3.28. The fourth-order valence-corrected chi connectivity index (χ4v) is 1.38. The molecule has 0 radical (unpaired) electrons. The summed E-state index contributed by atoms with van der Waals surface area (Å²) in [6.07, 6.45) is 0. The second-order valence-electron chi connectivity index (χ2n) is 3.51. The van der Waals surface area contributed by atoms with Crippen LogP contribution < -0.4 is 11.1 Å². The SMILES string of the molecule is COCC(N)C(=O)Nc1cc(Cl)ccc1C.Cl. The van der Waals surface area contributed by atoms with E-state index in [4.69, 9.17) is 22.1 Å². The van der Waals surface area contributed by atoms with Crippen LogP contribution in [-0.4, -0.2) is 25.7 Å². The van der Waals surface area contributed by atoms with Gasteiger partial charge in [0.2, 0.25) is 5.91 Å². The zero-order chi connectivity index (χ0) is 12.1. The highest BCUT2D eigenvalue weighted by Gasteiger charge is 2.13. The summed E-state index contributed by atoms with van der Waals surface area (Å²) in [6, 6.07) is 4.61. The van der Waals surface area contributed by atoms with Gasteiger partial charge in [-0.1, -0.05) is 17.7 Å². The van der Waals surface area contributed by atoms with E-state index in [0.717, 1.165) is 5.56 Å². The van der Waals surface area contributed by atoms with E-state index in [-0.39, 0.29) is 24.9 Å². The van der Waals surface area contributed by atoms with Crippen LogP contribution in [0.1, 0.15) is 5.56 Å². The quantitative estimate of drug-likeness (QED) is 0.885. The van der Waals surface area contributed by atoms with Gasteiger partial charge in [0.05, 0.1) is 6.61 Å². The van der Waals surface area contributed by atoms with E-state index >= 15 is 0 Å². The zero-order valence-corrected chi connectivity index (χ0v) is 11.3. The van der Waals surface area contributed by atoms with Gasteiger partial charge in [-0.3, -0.25) is 4.79 Å². The van der Waals surface area contributed by atoms with Crippen molar-refractivity contribution in [1.29, 1.82) is 0 Å². The number of ether oxygens (including phenoxy) is 1. The molecule has 96 valence electrons. The van der Waals surface area contributed by atoms with Crippen molar-refractivity contribution in [3.63, 3.8) is 0 Å². The molecule has 1 rings (SSSR count). The van der Waals surface area contributed by atoms with Crippen molar-refractivity contribution in [2.24, 2.45) is 5.73 Å². The maximum Gasteiger partial charge on any atom is 0.243 e. The standard InChI is InChI=1S/C11H15ClN2O2.ClH/c1-7-3-4-8(12)5-10(7)14-11(15)9(13)6-16-2;/h3-5,9H,6,13H2,1-2H3,(H,14,15);1H.